The highest BCUT2D eigenvalue weighted by Gasteiger charge is 2.35. The van der Waals surface area contributed by atoms with Crippen molar-refractivity contribution in [1.82, 2.24) is 4.90 Å². The number of anilines is 1. The maximum atomic E-state index is 12.5. The molecule has 3 rings (SSSR count). The van der Waals surface area contributed by atoms with E-state index in [1.54, 1.807) is 23.9 Å². The first-order valence-electron chi connectivity index (χ1n) is 8.50. The van der Waals surface area contributed by atoms with Gasteiger partial charge in [0.25, 0.3) is 17.7 Å². The van der Waals surface area contributed by atoms with E-state index in [2.05, 4.69) is 5.32 Å². The maximum Gasteiger partial charge on any atom is 0.261 e. The van der Waals surface area contributed by atoms with Crippen molar-refractivity contribution in [1.29, 1.82) is 0 Å². The number of amides is 3. The van der Waals surface area contributed by atoms with Crippen LogP contribution in [0.25, 0.3) is 0 Å². The number of carbonyl (C=O) groups is 3. The van der Waals surface area contributed by atoms with E-state index in [0.717, 1.165) is 17.7 Å². The Morgan fingerprint density at radius 1 is 1.08 bits per heavy atom. The van der Waals surface area contributed by atoms with Gasteiger partial charge in [-0.25, -0.2) is 0 Å². The third-order valence-corrected chi connectivity index (χ3v) is 5.02. The van der Waals surface area contributed by atoms with Crippen molar-refractivity contribution in [2.24, 2.45) is 0 Å². The fraction of sp³-hybridized carbons (Fsp3) is 0.250. The predicted octanol–water partition coefficient (Wildman–Crippen LogP) is 4.06. The van der Waals surface area contributed by atoms with E-state index in [0.29, 0.717) is 28.9 Å². The number of benzene rings is 2. The molecule has 2 aromatic rings. The Morgan fingerprint density at radius 2 is 1.85 bits per heavy atom. The first-order valence-corrected chi connectivity index (χ1v) is 9.73. The average Bonchev–Trinajstić information content (AvgIpc) is 2.90. The number of carbonyl (C=O) groups excluding carboxylic acids is 3. The largest absolute Gasteiger partial charge is 0.322 e. The third kappa shape index (κ3) is 3.51. The molecule has 0 unspecified atom stereocenters. The molecule has 0 atom stereocenters. The molecule has 1 N–H and O–H groups in total. The molecular formula is C20H20N2O3S. The number of fused-ring (bicyclic) bond motifs is 1. The van der Waals surface area contributed by atoms with Gasteiger partial charge in [0.1, 0.15) is 0 Å². The van der Waals surface area contributed by atoms with Crippen LogP contribution in [-0.2, 0) is 0 Å². The Balaban J connectivity index is 1.81. The molecule has 3 amide bonds. The van der Waals surface area contributed by atoms with E-state index in [-0.39, 0.29) is 17.7 Å². The normalized spacial score (nSPS) is 13.1. The van der Waals surface area contributed by atoms with Gasteiger partial charge < -0.3 is 5.32 Å². The summed E-state index contributed by atoms with van der Waals surface area (Å²) in [5.74, 6) is -0.908. The Hall–Kier alpha value is -2.60. The highest BCUT2D eigenvalue weighted by atomic mass is 32.2. The van der Waals surface area contributed by atoms with Gasteiger partial charge in [-0.1, -0.05) is 19.4 Å². The summed E-state index contributed by atoms with van der Waals surface area (Å²) in [6, 6.07) is 12.2. The molecule has 1 aliphatic rings. The lowest BCUT2D eigenvalue weighted by Crippen LogP contribution is -2.30. The monoisotopic (exact) mass is 368 g/mol. The molecule has 5 nitrogen and oxygen atoms in total. The molecule has 0 aromatic heterocycles. The fourth-order valence-corrected chi connectivity index (χ4v) is 3.31. The number of hydrogen-bond acceptors (Lipinski definition) is 4. The summed E-state index contributed by atoms with van der Waals surface area (Å²) in [6.45, 7) is 2.42. The van der Waals surface area contributed by atoms with Crippen molar-refractivity contribution in [2.45, 2.75) is 24.7 Å². The number of nitrogens with one attached hydrogen (secondary N) is 1. The van der Waals surface area contributed by atoms with E-state index < -0.39 is 0 Å². The van der Waals surface area contributed by atoms with Crippen LogP contribution >= 0.6 is 11.8 Å². The van der Waals surface area contributed by atoms with Crippen LogP contribution in [0.5, 0.6) is 0 Å². The van der Waals surface area contributed by atoms with Gasteiger partial charge in [-0.2, -0.15) is 0 Å². The molecule has 26 heavy (non-hydrogen) atoms. The standard InChI is InChI=1S/C20H20N2O3S/c1-3-4-10-22-19(24)16-9-8-13(11-17(16)20(22)25)18(23)21-14-6-5-7-15(12-14)26-2/h5-9,11-12H,3-4,10H2,1-2H3,(H,21,23). The number of nitrogens with zero attached hydrogens (tertiary/aromatic N) is 1. The molecular weight excluding hydrogens is 348 g/mol. The molecule has 1 heterocycles. The maximum absolute atomic E-state index is 12.5. The molecule has 0 fully saturated rings. The molecule has 0 radical (unpaired) electrons. The van der Waals surface area contributed by atoms with Gasteiger partial charge in [-0.3, -0.25) is 19.3 Å². The summed E-state index contributed by atoms with van der Waals surface area (Å²) in [4.78, 5) is 39.7. The van der Waals surface area contributed by atoms with Crippen LogP contribution < -0.4 is 5.32 Å². The zero-order valence-electron chi connectivity index (χ0n) is 14.7. The third-order valence-electron chi connectivity index (χ3n) is 4.30. The van der Waals surface area contributed by atoms with Crippen LogP contribution in [0.15, 0.2) is 47.4 Å². The zero-order valence-corrected chi connectivity index (χ0v) is 15.6. The summed E-state index contributed by atoms with van der Waals surface area (Å²) in [6.07, 6.45) is 3.63. The molecule has 1 aliphatic heterocycles. The van der Waals surface area contributed by atoms with E-state index >= 15 is 0 Å². The lowest BCUT2D eigenvalue weighted by atomic mass is 10.1. The number of hydrogen-bond donors (Lipinski definition) is 1. The molecule has 0 saturated heterocycles. The highest BCUT2D eigenvalue weighted by Crippen LogP contribution is 2.25. The van der Waals surface area contributed by atoms with Crippen LogP contribution in [0, 0.1) is 0 Å². The Labute approximate surface area is 156 Å². The molecule has 0 saturated carbocycles. The lowest BCUT2D eigenvalue weighted by molar-refractivity contribution is 0.0652. The van der Waals surface area contributed by atoms with Crippen LogP contribution in [0.2, 0.25) is 0 Å². The van der Waals surface area contributed by atoms with Crippen molar-refractivity contribution in [3.05, 3.63) is 59.2 Å². The molecule has 0 bridgehead atoms. The number of unbranched alkanes of at least 4 members (excludes halogenated alkanes) is 1. The minimum absolute atomic E-state index is 0.280. The van der Waals surface area contributed by atoms with Crippen LogP contribution in [0.4, 0.5) is 5.69 Å². The molecule has 0 spiro atoms. The average molecular weight is 368 g/mol. The van der Waals surface area contributed by atoms with E-state index in [4.69, 9.17) is 0 Å². The second-order valence-electron chi connectivity index (χ2n) is 6.06. The molecule has 0 aliphatic carbocycles. The van der Waals surface area contributed by atoms with Gasteiger partial charge in [0.2, 0.25) is 0 Å². The summed E-state index contributed by atoms with van der Waals surface area (Å²) in [5.41, 5.74) is 1.72. The van der Waals surface area contributed by atoms with Crippen LogP contribution in [0.3, 0.4) is 0 Å². The second kappa shape index (κ2) is 7.74. The van der Waals surface area contributed by atoms with Crippen molar-refractivity contribution in [3.63, 3.8) is 0 Å². The van der Waals surface area contributed by atoms with Crippen molar-refractivity contribution in [2.75, 3.05) is 18.1 Å². The summed E-state index contributed by atoms with van der Waals surface area (Å²) < 4.78 is 0. The first kappa shape index (κ1) is 18.2. The summed E-state index contributed by atoms with van der Waals surface area (Å²) >= 11 is 1.59. The predicted molar refractivity (Wildman–Crippen MR) is 103 cm³/mol. The second-order valence-corrected chi connectivity index (χ2v) is 6.94. The number of rotatable bonds is 6. The Morgan fingerprint density at radius 3 is 2.58 bits per heavy atom. The number of thioether (sulfide) groups is 1. The van der Waals surface area contributed by atoms with Gasteiger partial charge in [-0.05, 0) is 49.1 Å². The van der Waals surface area contributed by atoms with Crippen molar-refractivity contribution >= 4 is 35.2 Å². The molecule has 6 heteroatoms. The van der Waals surface area contributed by atoms with Gasteiger partial charge in [0, 0.05) is 22.7 Å². The van der Waals surface area contributed by atoms with Gasteiger partial charge >= 0.3 is 0 Å². The van der Waals surface area contributed by atoms with E-state index in [1.807, 2.05) is 37.4 Å². The van der Waals surface area contributed by atoms with E-state index in [9.17, 15) is 14.4 Å². The zero-order chi connectivity index (χ0) is 18.7. The molecule has 134 valence electrons. The quantitative estimate of drug-likeness (QED) is 0.617. The topological polar surface area (TPSA) is 66.5 Å². The van der Waals surface area contributed by atoms with E-state index in [1.165, 1.54) is 11.0 Å². The lowest BCUT2D eigenvalue weighted by Gasteiger charge is -2.12. The smallest absolute Gasteiger partial charge is 0.261 e. The van der Waals surface area contributed by atoms with Gasteiger partial charge in [0.15, 0.2) is 0 Å². The van der Waals surface area contributed by atoms with Crippen molar-refractivity contribution < 1.29 is 14.4 Å². The van der Waals surface area contributed by atoms with Crippen LogP contribution in [0.1, 0.15) is 50.8 Å². The first-order chi connectivity index (χ1) is 12.5. The highest BCUT2D eigenvalue weighted by molar-refractivity contribution is 7.98. The summed E-state index contributed by atoms with van der Waals surface area (Å²) in [7, 11) is 0. The molecule has 2 aromatic carbocycles. The van der Waals surface area contributed by atoms with Gasteiger partial charge in [-0.15, -0.1) is 11.8 Å². The van der Waals surface area contributed by atoms with Crippen molar-refractivity contribution in [3.8, 4) is 0 Å². The van der Waals surface area contributed by atoms with Gasteiger partial charge in [0.05, 0.1) is 11.1 Å². The summed E-state index contributed by atoms with van der Waals surface area (Å²) in [5, 5.41) is 2.83. The minimum Gasteiger partial charge on any atom is -0.322 e. The minimum atomic E-state index is -0.322. The fourth-order valence-electron chi connectivity index (χ4n) is 2.86. The number of imide groups is 1. The Bertz CT molecular complexity index is 879. The SMILES string of the molecule is CCCCN1C(=O)c2ccc(C(=O)Nc3cccc(SC)c3)cc2C1=O. The van der Waals surface area contributed by atoms with Crippen LogP contribution in [-0.4, -0.2) is 35.4 Å². The Kier molecular flexibility index (Phi) is 5.42.